The maximum Gasteiger partial charge on any atom is 0.263 e. The number of nitrogens with zero attached hydrogens (tertiary/aromatic N) is 3. The van der Waals surface area contributed by atoms with Crippen LogP contribution in [-0.2, 0) is 0 Å². The summed E-state index contributed by atoms with van der Waals surface area (Å²) >= 11 is 0. The van der Waals surface area contributed by atoms with Gasteiger partial charge in [-0.05, 0) is 6.92 Å². The molecule has 0 fully saturated rings. The number of nitrogens with two attached hydrogens (primary N) is 1. The van der Waals surface area contributed by atoms with E-state index in [1.165, 1.54) is 6.33 Å². The summed E-state index contributed by atoms with van der Waals surface area (Å²) in [4.78, 5) is 21.1. The van der Waals surface area contributed by atoms with E-state index >= 15 is 0 Å². The molecule has 2 rings (SSSR count). The Kier molecular flexibility index (Phi) is 2.18. The second-order valence-corrected chi connectivity index (χ2v) is 3.55. The van der Waals surface area contributed by atoms with E-state index in [0.717, 1.165) is 0 Å². The lowest BCUT2D eigenvalue weighted by molar-refractivity contribution is 0.0770. The predicted molar refractivity (Wildman–Crippen MR) is 53.5 cm³/mol. The van der Waals surface area contributed by atoms with E-state index < -0.39 is 0 Å². The molecule has 0 saturated carbocycles. The maximum absolute atomic E-state index is 11.9. The van der Waals surface area contributed by atoms with Crippen LogP contribution in [0, 0.1) is 0 Å². The van der Waals surface area contributed by atoms with Crippen LogP contribution in [-0.4, -0.2) is 40.5 Å². The first-order valence-electron chi connectivity index (χ1n) is 4.62. The third-order valence-corrected chi connectivity index (χ3v) is 2.25. The van der Waals surface area contributed by atoms with Crippen molar-refractivity contribution < 1.29 is 9.53 Å². The number of ether oxygens (including phenoxy) is 1. The number of aromatic nitrogens is 2. The van der Waals surface area contributed by atoms with E-state index in [4.69, 9.17) is 10.5 Å². The molecule has 1 atom stereocenters. The number of carbonyl (C=O) groups excluding carboxylic acids is 1. The summed E-state index contributed by atoms with van der Waals surface area (Å²) in [5, 5.41) is 0. The number of hydrogen-bond acceptors (Lipinski definition) is 5. The van der Waals surface area contributed by atoms with Crippen molar-refractivity contribution in [1.82, 2.24) is 14.9 Å². The molecule has 1 amide bonds. The van der Waals surface area contributed by atoms with Crippen LogP contribution in [0.1, 0.15) is 17.3 Å². The largest absolute Gasteiger partial charge is 0.472 e. The Bertz CT molecular complexity index is 407. The van der Waals surface area contributed by atoms with Crippen molar-refractivity contribution >= 4 is 11.7 Å². The molecule has 0 aromatic carbocycles. The Morgan fingerprint density at radius 3 is 3.07 bits per heavy atom. The van der Waals surface area contributed by atoms with Crippen LogP contribution in [0.3, 0.4) is 0 Å². The quantitative estimate of drug-likeness (QED) is 0.644. The van der Waals surface area contributed by atoms with E-state index in [2.05, 4.69) is 9.97 Å². The fourth-order valence-corrected chi connectivity index (χ4v) is 1.56. The number of fused-ring (bicyclic) bond motifs is 1. The van der Waals surface area contributed by atoms with Gasteiger partial charge >= 0.3 is 0 Å². The topological polar surface area (TPSA) is 81.3 Å². The SMILES string of the molecule is C[C@H]1CN(C)C(=O)c2c(N)ncnc2O1. The number of amides is 1. The smallest absolute Gasteiger partial charge is 0.263 e. The Balaban J connectivity index is 2.55. The number of nitrogen functional groups attached to an aromatic ring is 1. The Morgan fingerprint density at radius 2 is 2.33 bits per heavy atom. The molecular formula is C9H12N4O2. The molecule has 0 aliphatic carbocycles. The van der Waals surface area contributed by atoms with Gasteiger partial charge in [0.1, 0.15) is 23.8 Å². The molecule has 6 nitrogen and oxygen atoms in total. The van der Waals surface area contributed by atoms with Gasteiger partial charge in [-0.2, -0.15) is 0 Å². The van der Waals surface area contributed by atoms with Crippen molar-refractivity contribution in [3.63, 3.8) is 0 Å². The molecule has 0 spiro atoms. The van der Waals surface area contributed by atoms with Crippen molar-refractivity contribution in [1.29, 1.82) is 0 Å². The zero-order chi connectivity index (χ0) is 11.0. The molecule has 6 heteroatoms. The summed E-state index contributed by atoms with van der Waals surface area (Å²) in [5.74, 6) is 0.225. The molecule has 80 valence electrons. The van der Waals surface area contributed by atoms with Gasteiger partial charge < -0.3 is 15.4 Å². The fourth-order valence-electron chi connectivity index (χ4n) is 1.56. The highest BCUT2D eigenvalue weighted by Gasteiger charge is 2.28. The Hall–Kier alpha value is -1.85. The van der Waals surface area contributed by atoms with Crippen molar-refractivity contribution in [2.24, 2.45) is 0 Å². The third-order valence-electron chi connectivity index (χ3n) is 2.25. The number of rotatable bonds is 0. The summed E-state index contributed by atoms with van der Waals surface area (Å²) in [6.07, 6.45) is 1.19. The highest BCUT2D eigenvalue weighted by atomic mass is 16.5. The van der Waals surface area contributed by atoms with E-state index in [1.807, 2.05) is 6.92 Å². The van der Waals surface area contributed by atoms with Crippen molar-refractivity contribution in [2.45, 2.75) is 13.0 Å². The fraction of sp³-hybridized carbons (Fsp3) is 0.444. The second kappa shape index (κ2) is 3.38. The Labute approximate surface area is 87.1 Å². The molecule has 1 aromatic rings. The van der Waals surface area contributed by atoms with Crippen LogP contribution in [0.4, 0.5) is 5.82 Å². The zero-order valence-electron chi connectivity index (χ0n) is 8.60. The third kappa shape index (κ3) is 1.58. The van der Waals surface area contributed by atoms with E-state index in [0.29, 0.717) is 6.54 Å². The molecule has 1 aromatic heterocycles. The van der Waals surface area contributed by atoms with Crippen LogP contribution in [0.25, 0.3) is 0 Å². The molecule has 15 heavy (non-hydrogen) atoms. The van der Waals surface area contributed by atoms with E-state index in [9.17, 15) is 4.79 Å². The van der Waals surface area contributed by atoms with Crippen molar-refractivity contribution in [2.75, 3.05) is 19.3 Å². The lowest BCUT2D eigenvalue weighted by Gasteiger charge is -2.15. The Morgan fingerprint density at radius 1 is 1.60 bits per heavy atom. The van der Waals surface area contributed by atoms with Crippen LogP contribution >= 0.6 is 0 Å². The molecule has 1 aliphatic heterocycles. The molecule has 0 unspecified atom stereocenters. The maximum atomic E-state index is 11.9. The van der Waals surface area contributed by atoms with Crippen molar-refractivity contribution in [3.05, 3.63) is 11.9 Å². The van der Waals surface area contributed by atoms with Gasteiger partial charge in [-0.1, -0.05) is 0 Å². The van der Waals surface area contributed by atoms with Gasteiger partial charge in [-0.25, -0.2) is 9.97 Å². The van der Waals surface area contributed by atoms with Gasteiger partial charge in [-0.3, -0.25) is 4.79 Å². The van der Waals surface area contributed by atoms with Gasteiger partial charge in [0.15, 0.2) is 0 Å². The average molecular weight is 208 g/mol. The van der Waals surface area contributed by atoms with Crippen LogP contribution in [0.2, 0.25) is 0 Å². The van der Waals surface area contributed by atoms with Crippen LogP contribution in [0.15, 0.2) is 6.33 Å². The van der Waals surface area contributed by atoms with Gasteiger partial charge in [0.25, 0.3) is 5.91 Å². The van der Waals surface area contributed by atoms with E-state index in [-0.39, 0.29) is 29.3 Å². The van der Waals surface area contributed by atoms with Gasteiger partial charge in [0.05, 0.1) is 6.54 Å². The second-order valence-electron chi connectivity index (χ2n) is 3.55. The summed E-state index contributed by atoms with van der Waals surface area (Å²) < 4.78 is 5.48. The summed E-state index contributed by atoms with van der Waals surface area (Å²) in [7, 11) is 1.70. The highest BCUT2D eigenvalue weighted by Crippen LogP contribution is 2.24. The highest BCUT2D eigenvalue weighted by molar-refractivity contribution is 6.00. The first kappa shape index (κ1) is 9.70. The molecule has 0 saturated heterocycles. The molecule has 2 heterocycles. The standard InChI is InChI=1S/C9H12N4O2/c1-5-3-13(2)9(14)6-7(10)11-4-12-8(6)15-5/h4-5H,3H2,1-2H3,(H2,10,11,12)/t5-/m0/s1. The van der Waals surface area contributed by atoms with Gasteiger partial charge in [0.2, 0.25) is 5.88 Å². The first-order valence-corrected chi connectivity index (χ1v) is 4.62. The first-order chi connectivity index (χ1) is 7.09. The minimum absolute atomic E-state index is 0.102. The number of carbonyl (C=O) groups is 1. The summed E-state index contributed by atoms with van der Waals surface area (Å²) in [5.41, 5.74) is 5.88. The minimum atomic E-state index is -0.201. The molecule has 0 bridgehead atoms. The summed E-state index contributed by atoms with van der Waals surface area (Å²) in [6, 6.07) is 0. The van der Waals surface area contributed by atoms with Crippen molar-refractivity contribution in [3.8, 4) is 5.88 Å². The lowest BCUT2D eigenvalue weighted by Crippen LogP contribution is -2.32. The molecule has 1 aliphatic rings. The number of hydrogen-bond donors (Lipinski definition) is 1. The predicted octanol–water partition coefficient (Wildman–Crippen LogP) is -0.0883. The molecular weight excluding hydrogens is 196 g/mol. The molecule has 0 radical (unpaired) electrons. The summed E-state index contributed by atoms with van der Waals surface area (Å²) in [6.45, 7) is 2.38. The number of anilines is 1. The van der Waals surface area contributed by atoms with Gasteiger partial charge in [0, 0.05) is 7.05 Å². The molecule has 2 N–H and O–H groups in total. The normalized spacial score (nSPS) is 20.5. The minimum Gasteiger partial charge on any atom is -0.472 e. The number of likely N-dealkylation sites (N-methyl/N-ethyl adjacent to an activating group) is 1. The monoisotopic (exact) mass is 208 g/mol. The van der Waals surface area contributed by atoms with Gasteiger partial charge in [-0.15, -0.1) is 0 Å². The van der Waals surface area contributed by atoms with Crippen LogP contribution < -0.4 is 10.5 Å². The lowest BCUT2D eigenvalue weighted by atomic mass is 10.2. The van der Waals surface area contributed by atoms with E-state index in [1.54, 1.807) is 11.9 Å². The average Bonchev–Trinajstić information content (AvgIpc) is 2.26. The zero-order valence-corrected chi connectivity index (χ0v) is 8.60. The van der Waals surface area contributed by atoms with Crippen LogP contribution in [0.5, 0.6) is 5.88 Å².